The number of halogens is 4. The fourth-order valence-electron chi connectivity index (χ4n) is 4.66. The average Bonchev–Trinajstić information content (AvgIpc) is 3.53. The zero-order valence-electron chi connectivity index (χ0n) is 17.5. The first-order valence-corrected chi connectivity index (χ1v) is 10.7. The van der Waals surface area contributed by atoms with E-state index in [2.05, 4.69) is 10.2 Å². The summed E-state index contributed by atoms with van der Waals surface area (Å²) in [6, 6.07) is 7.52. The van der Waals surface area contributed by atoms with E-state index < -0.39 is 23.4 Å². The zero-order chi connectivity index (χ0) is 22.5. The van der Waals surface area contributed by atoms with Gasteiger partial charge < -0.3 is 9.47 Å². The minimum absolute atomic E-state index is 0.171. The number of alkyl halides is 3. The highest BCUT2D eigenvalue weighted by atomic mass is 19.4. The second-order valence-corrected chi connectivity index (χ2v) is 8.60. The Kier molecular flexibility index (Phi) is 5.11. The number of benzene rings is 1. The number of pyridine rings is 1. The van der Waals surface area contributed by atoms with Gasteiger partial charge in [-0.05, 0) is 62.3 Å². The number of aromatic nitrogens is 3. The van der Waals surface area contributed by atoms with Crippen LogP contribution < -0.4 is 4.74 Å². The number of rotatable bonds is 5. The van der Waals surface area contributed by atoms with Gasteiger partial charge in [0.2, 0.25) is 0 Å². The van der Waals surface area contributed by atoms with E-state index in [1.807, 2.05) is 0 Å². The number of hydrogen-bond donors (Lipinski definition) is 0. The van der Waals surface area contributed by atoms with Crippen molar-refractivity contribution >= 4 is 5.65 Å². The van der Waals surface area contributed by atoms with E-state index in [1.54, 1.807) is 25.4 Å². The van der Waals surface area contributed by atoms with Gasteiger partial charge in [0.15, 0.2) is 5.65 Å². The molecule has 3 aromatic rings. The third-order valence-electron chi connectivity index (χ3n) is 6.59. The lowest BCUT2D eigenvalue weighted by atomic mass is 9.78. The highest BCUT2D eigenvalue weighted by Crippen LogP contribution is 2.45. The van der Waals surface area contributed by atoms with Crippen LogP contribution in [-0.4, -0.2) is 27.8 Å². The summed E-state index contributed by atoms with van der Waals surface area (Å²) in [4.78, 5) is 0. The molecular formula is C23H23F4N3O2. The molecule has 0 amide bonds. The van der Waals surface area contributed by atoms with Gasteiger partial charge in [0.25, 0.3) is 0 Å². The second-order valence-electron chi connectivity index (χ2n) is 8.60. The van der Waals surface area contributed by atoms with Crippen molar-refractivity contribution < 1.29 is 27.0 Å². The topological polar surface area (TPSA) is 48.7 Å². The Morgan fingerprint density at radius 3 is 2.28 bits per heavy atom. The van der Waals surface area contributed by atoms with Gasteiger partial charge in [-0.2, -0.15) is 13.2 Å². The maximum atomic E-state index is 14.0. The predicted molar refractivity (Wildman–Crippen MR) is 108 cm³/mol. The van der Waals surface area contributed by atoms with Gasteiger partial charge in [0, 0.05) is 19.2 Å². The smallest absolute Gasteiger partial charge is 0.423 e. The van der Waals surface area contributed by atoms with Crippen LogP contribution >= 0.6 is 0 Å². The summed E-state index contributed by atoms with van der Waals surface area (Å²) in [5.74, 6) is 0.186. The molecule has 5 rings (SSSR count). The van der Waals surface area contributed by atoms with Crippen molar-refractivity contribution in [1.82, 2.24) is 14.6 Å². The number of fused-ring (bicyclic) bond motifs is 1. The maximum absolute atomic E-state index is 14.0. The fraction of sp³-hybridized carbons (Fsp3) is 0.478. The molecule has 0 radical (unpaired) electrons. The van der Waals surface area contributed by atoms with Crippen molar-refractivity contribution in [3.8, 4) is 5.75 Å². The Morgan fingerprint density at radius 2 is 1.69 bits per heavy atom. The summed E-state index contributed by atoms with van der Waals surface area (Å²) in [7, 11) is 1.60. The first kappa shape index (κ1) is 21.2. The zero-order valence-corrected chi connectivity index (χ0v) is 17.5. The van der Waals surface area contributed by atoms with Crippen LogP contribution in [0.2, 0.25) is 0 Å². The molecule has 0 spiro atoms. The molecule has 170 valence electrons. The molecule has 2 aromatic heterocycles. The molecule has 0 bridgehead atoms. The summed E-state index contributed by atoms with van der Waals surface area (Å²) >= 11 is 0. The maximum Gasteiger partial charge on any atom is 0.423 e. The fourth-order valence-corrected chi connectivity index (χ4v) is 4.66. The predicted octanol–water partition coefficient (Wildman–Crippen LogP) is 5.63. The van der Waals surface area contributed by atoms with Crippen LogP contribution in [-0.2, 0) is 16.5 Å². The Balaban J connectivity index is 1.39. The van der Waals surface area contributed by atoms with Crippen LogP contribution in [0.25, 0.3) is 5.65 Å². The third kappa shape index (κ3) is 3.72. The molecule has 5 nitrogen and oxygen atoms in total. The van der Waals surface area contributed by atoms with Crippen molar-refractivity contribution in [2.24, 2.45) is 0 Å². The lowest BCUT2D eigenvalue weighted by molar-refractivity contribution is -0.138. The normalized spacial score (nSPS) is 24.1. The molecule has 0 atom stereocenters. The van der Waals surface area contributed by atoms with E-state index in [4.69, 9.17) is 9.47 Å². The minimum Gasteiger partial charge on any atom is -0.490 e. The van der Waals surface area contributed by atoms with Crippen LogP contribution in [0.15, 0.2) is 36.5 Å². The Morgan fingerprint density at radius 1 is 1.00 bits per heavy atom. The Bertz CT molecular complexity index is 1110. The summed E-state index contributed by atoms with van der Waals surface area (Å²) < 4.78 is 68.4. The largest absolute Gasteiger partial charge is 0.490 e. The molecular weight excluding hydrogens is 426 g/mol. The van der Waals surface area contributed by atoms with Gasteiger partial charge in [-0.15, -0.1) is 10.2 Å². The monoisotopic (exact) mass is 449 g/mol. The Labute approximate surface area is 182 Å². The molecule has 2 heterocycles. The molecule has 0 unspecified atom stereocenters. The molecule has 0 N–H and O–H groups in total. The van der Waals surface area contributed by atoms with Crippen molar-refractivity contribution in [2.75, 3.05) is 7.11 Å². The molecule has 2 aliphatic carbocycles. The Hall–Kier alpha value is -2.68. The molecule has 2 fully saturated rings. The first-order chi connectivity index (χ1) is 15.3. The lowest BCUT2D eigenvalue weighted by Crippen LogP contribution is -2.37. The molecule has 9 heteroatoms. The molecule has 0 aliphatic heterocycles. The summed E-state index contributed by atoms with van der Waals surface area (Å²) in [5.41, 5.74) is -0.851. The quantitative estimate of drug-likeness (QED) is 0.474. The van der Waals surface area contributed by atoms with E-state index in [1.165, 1.54) is 22.6 Å². The van der Waals surface area contributed by atoms with E-state index in [9.17, 15) is 17.6 Å². The van der Waals surface area contributed by atoms with Crippen molar-refractivity contribution in [2.45, 2.75) is 62.3 Å². The van der Waals surface area contributed by atoms with Crippen LogP contribution in [0.1, 0.15) is 61.4 Å². The molecule has 32 heavy (non-hydrogen) atoms. The lowest BCUT2D eigenvalue weighted by Gasteiger charge is -2.39. The second kappa shape index (κ2) is 7.72. The van der Waals surface area contributed by atoms with E-state index in [0.29, 0.717) is 31.5 Å². The van der Waals surface area contributed by atoms with E-state index in [-0.39, 0.29) is 23.1 Å². The number of ether oxygens (including phenoxy) is 2. The molecule has 2 aliphatic rings. The molecule has 1 aromatic carbocycles. The van der Waals surface area contributed by atoms with Crippen LogP contribution in [0, 0.1) is 5.82 Å². The van der Waals surface area contributed by atoms with Gasteiger partial charge in [-0.25, -0.2) is 4.39 Å². The molecule has 2 saturated carbocycles. The van der Waals surface area contributed by atoms with Gasteiger partial charge in [-0.3, -0.25) is 4.40 Å². The van der Waals surface area contributed by atoms with Gasteiger partial charge in [0.05, 0.1) is 11.7 Å². The minimum atomic E-state index is -4.62. The number of nitrogens with zero attached hydrogens (tertiary/aromatic N) is 3. The average molecular weight is 449 g/mol. The van der Waals surface area contributed by atoms with Gasteiger partial charge >= 0.3 is 6.18 Å². The van der Waals surface area contributed by atoms with Gasteiger partial charge in [0.1, 0.15) is 23.0 Å². The van der Waals surface area contributed by atoms with Crippen LogP contribution in [0.3, 0.4) is 0 Å². The van der Waals surface area contributed by atoms with Crippen LogP contribution in [0.4, 0.5) is 17.6 Å². The summed E-state index contributed by atoms with van der Waals surface area (Å²) in [6.45, 7) is 0. The number of methoxy groups -OCH3 is 1. The molecule has 0 saturated heterocycles. The standard InChI is InChI=1S/C23H23F4N3O2/c1-31-22(15-4-6-16(24)7-5-15)11-8-17(9-12-22)32-18-10-13-30-20(14-2-3-14)28-29-21(30)19(18)23(25,26)27/h4-7,10,13-14,17H,2-3,8-9,11-12H2,1H3. The van der Waals surface area contributed by atoms with E-state index >= 15 is 0 Å². The summed E-state index contributed by atoms with van der Waals surface area (Å²) in [6.07, 6.45) is 0.504. The van der Waals surface area contributed by atoms with Crippen molar-refractivity contribution in [3.63, 3.8) is 0 Å². The summed E-state index contributed by atoms with van der Waals surface area (Å²) in [5, 5.41) is 7.85. The van der Waals surface area contributed by atoms with Crippen molar-refractivity contribution in [3.05, 3.63) is 59.3 Å². The third-order valence-corrected chi connectivity index (χ3v) is 6.59. The van der Waals surface area contributed by atoms with Crippen molar-refractivity contribution in [1.29, 1.82) is 0 Å². The highest BCUT2D eigenvalue weighted by molar-refractivity contribution is 5.57. The number of hydrogen-bond acceptors (Lipinski definition) is 4. The van der Waals surface area contributed by atoms with Crippen LogP contribution in [0.5, 0.6) is 5.75 Å². The first-order valence-electron chi connectivity index (χ1n) is 10.7. The van der Waals surface area contributed by atoms with E-state index in [0.717, 1.165) is 18.4 Å². The highest BCUT2D eigenvalue weighted by Gasteiger charge is 2.42. The SMILES string of the molecule is COC1(c2ccc(F)cc2)CCC(Oc2ccn3c(C4CC4)nnc3c2C(F)(F)F)CC1. The van der Waals surface area contributed by atoms with Gasteiger partial charge in [-0.1, -0.05) is 12.1 Å².